The quantitative estimate of drug-likeness (QED) is 0.0832. The van der Waals surface area contributed by atoms with Crippen molar-refractivity contribution in [2.24, 2.45) is 0 Å². The van der Waals surface area contributed by atoms with Gasteiger partial charge in [-0.05, 0) is 12.8 Å². The van der Waals surface area contributed by atoms with Crippen molar-refractivity contribution in [2.75, 3.05) is 6.54 Å². The van der Waals surface area contributed by atoms with Gasteiger partial charge in [0.1, 0.15) is 0 Å². The van der Waals surface area contributed by atoms with Crippen LogP contribution in [0.3, 0.4) is 0 Å². The van der Waals surface area contributed by atoms with Crippen LogP contribution in [0.4, 0.5) is 0 Å². The van der Waals surface area contributed by atoms with Crippen molar-refractivity contribution in [1.82, 2.24) is 5.32 Å². The molecule has 0 aromatic heterocycles. The van der Waals surface area contributed by atoms with Gasteiger partial charge in [-0.25, -0.2) is 0 Å². The number of carbonyl (C=O) groups excluding carboxylic acids is 1. The van der Waals surface area contributed by atoms with Crippen LogP contribution in [0.1, 0.15) is 219 Å². The molecule has 0 saturated carbocycles. The minimum Gasteiger partial charge on any atom is -0.356 e. The fourth-order valence-electron chi connectivity index (χ4n) is 5.65. The summed E-state index contributed by atoms with van der Waals surface area (Å²) in [6.07, 6.45) is 43.8. The lowest BCUT2D eigenvalue weighted by Gasteiger charge is -2.06. The van der Waals surface area contributed by atoms with Crippen LogP contribution in [-0.2, 0) is 4.79 Å². The molecule has 0 aliphatic rings. The van der Waals surface area contributed by atoms with Crippen molar-refractivity contribution in [3.8, 4) is 0 Å². The summed E-state index contributed by atoms with van der Waals surface area (Å²) in [7, 11) is 0. The first-order valence-corrected chi connectivity index (χ1v) is 18.1. The molecule has 38 heavy (non-hydrogen) atoms. The molecule has 2 nitrogen and oxygen atoms in total. The second-order valence-corrected chi connectivity index (χ2v) is 12.4. The van der Waals surface area contributed by atoms with E-state index in [9.17, 15) is 4.79 Å². The van der Waals surface area contributed by atoms with Crippen LogP contribution in [0.5, 0.6) is 0 Å². The van der Waals surface area contributed by atoms with Crippen molar-refractivity contribution in [3.05, 3.63) is 0 Å². The third-order valence-corrected chi connectivity index (χ3v) is 8.36. The standard InChI is InChI=1S/C36H73NO/c1-3-5-7-9-11-13-15-16-17-18-19-20-21-22-23-24-25-26-28-30-32-34-36(38)37-35-33-31-29-27-14-12-10-8-6-4-2/h3-35H2,1-2H3,(H,37,38). The molecule has 1 N–H and O–H groups in total. The van der Waals surface area contributed by atoms with E-state index in [0.717, 1.165) is 25.8 Å². The SMILES string of the molecule is CCCCCCCCCCCCCCCCCCCCCCCC(=O)NCCCCCCCCCCCC. The van der Waals surface area contributed by atoms with Crippen molar-refractivity contribution in [2.45, 2.75) is 219 Å². The molecule has 0 aromatic carbocycles. The second kappa shape index (κ2) is 34.5. The number of carbonyl (C=O) groups is 1. The molecule has 0 aliphatic heterocycles. The van der Waals surface area contributed by atoms with Crippen LogP contribution < -0.4 is 5.32 Å². The summed E-state index contributed by atoms with van der Waals surface area (Å²) in [6.45, 7) is 5.46. The van der Waals surface area contributed by atoms with Crippen LogP contribution in [0.15, 0.2) is 0 Å². The summed E-state index contributed by atoms with van der Waals surface area (Å²) in [5.41, 5.74) is 0. The number of nitrogens with one attached hydrogen (secondary N) is 1. The molecule has 0 fully saturated rings. The lowest BCUT2D eigenvalue weighted by atomic mass is 10.0. The predicted octanol–water partition coefficient (Wildman–Crippen LogP) is 12.6. The third-order valence-electron chi connectivity index (χ3n) is 8.36. The van der Waals surface area contributed by atoms with E-state index in [0.29, 0.717) is 0 Å². The third kappa shape index (κ3) is 33.5. The maximum absolute atomic E-state index is 12.0. The molecular formula is C36H73NO. The van der Waals surface area contributed by atoms with E-state index in [1.165, 1.54) is 186 Å². The Morgan fingerprint density at radius 2 is 0.579 bits per heavy atom. The monoisotopic (exact) mass is 536 g/mol. The van der Waals surface area contributed by atoms with Gasteiger partial charge >= 0.3 is 0 Å². The molecule has 2 heteroatoms. The van der Waals surface area contributed by atoms with Crippen LogP contribution in [0, 0.1) is 0 Å². The minimum atomic E-state index is 0.277. The van der Waals surface area contributed by atoms with Gasteiger partial charge in [-0.2, -0.15) is 0 Å². The average Bonchev–Trinajstić information content (AvgIpc) is 2.92. The minimum absolute atomic E-state index is 0.277. The van der Waals surface area contributed by atoms with Crippen LogP contribution in [-0.4, -0.2) is 12.5 Å². The van der Waals surface area contributed by atoms with E-state index < -0.39 is 0 Å². The summed E-state index contributed by atoms with van der Waals surface area (Å²) in [5.74, 6) is 0.277. The van der Waals surface area contributed by atoms with Crippen LogP contribution >= 0.6 is 0 Å². The second-order valence-electron chi connectivity index (χ2n) is 12.4. The van der Waals surface area contributed by atoms with E-state index >= 15 is 0 Å². The van der Waals surface area contributed by atoms with Gasteiger partial charge in [0.2, 0.25) is 5.91 Å². The molecule has 0 radical (unpaired) electrons. The van der Waals surface area contributed by atoms with Crippen molar-refractivity contribution < 1.29 is 4.79 Å². The summed E-state index contributed by atoms with van der Waals surface area (Å²) in [6, 6.07) is 0. The van der Waals surface area contributed by atoms with Gasteiger partial charge in [-0.3, -0.25) is 4.79 Å². The zero-order valence-electron chi connectivity index (χ0n) is 26.7. The first-order valence-electron chi connectivity index (χ1n) is 18.1. The Kier molecular flexibility index (Phi) is 34.0. The fraction of sp³-hybridized carbons (Fsp3) is 0.972. The first kappa shape index (κ1) is 37.5. The number of hydrogen-bond donors (Lipinski definition) is 1. The smallest absolute Gasteiger partial charge is 0.219 e. The molecule has 0 bridgehead atoms. The maximum Gasteiger partial charge on any atom is 0.219 e. The van der Waals surface area contributed by atoms with Gasteiger partial charge in [0.05, 0.1) is 0 Å². The van der Waals surface area contributed by atoms with E-state index in [1.54, 1.807) is 0 Å². The number of hydrogen-bond acceptors (Lipinski definition) is 1. The molecule has 0 rings (SSSR count). The first-order chi connectivity index (χ1) is 18.8. The number of amides is 1. The Balaban J connectivity index is 3.12. The maximum atomic E-state index is 12.0. The van der Waals surface area contributed by atoms with Gasteiger partial charge in [-0.1, -0.05) is 200 Å². The van der Waals surface area contributed by atoms with E-state index in [2.05, 4.69) is 19.2 Å². The zero-order chi connectivity index (χ0) is 27.6. The Morgan fingerprint density at radius 3 is 0.868 bits per heavy atom. The summed E-state index contributed by atoms with van der Waals surface area (Å²) < 4.78 is 0. The predicted molar refractivity (Wildman–Crippen MR) is 172 cm³/mol. The van der Waals surface area contributed by atoms with E-state index in [1.807, 2.05) is 0 Å². The zero-order valence-corrected chi connectivity index (χ0v) is 26.7. The van der Waals surface area contributed by atoms with Gasteiger partial charge in [0.15, 0.2) is 0 Å². The molecule has 1 amide bonds. The molecular weight excluding hydrogens is 462 g/mol. The van der Waals surface area contributed by atoms with Crippen LogP contribution in [0.25, 0.3) is 0 Å². The topological polar surface area (TPSA) is 29.1 Å². The largest absolute Gasteiger partial charge is 0.356 e. The number of rotatable bonds is 33. The van der Waals surface area contributed by atoms with Gasteiger partial charge in [0.25, 0.3) is 0 Å². The molecule has 0 atom stereocenters. The van der Waals surface area contributed by atoms with Gasteiger partial charge in [0, 0.05) is 13.0 Å². The Labute approximate surface area is 241 Å². The molecule has 0 saturated heterocycles. The fourth-order valence-corrected chi connectivity index (χ4v) is 5.65. The Bertz CT molecular complexity index is 435. The highest BCUT2D eigenvalue weighted by Gasteiger charge is 2.01. The highest BCUT2D eigenvalue weighted by Crippen LogP contribution is 2.15. The van der Waals surface area contributed by atoms with Crippen molar-refractivity contribution >= 4 is 5.91 Å². The highest BCUT2D eigenvalue weighted by molar-refractivity contribution is 5.75. The molecule has 0 heterocycles. The Hall–Kier alpha value is -0.530. The van der Waals surface area contributed by atoms with E-state index in [4.69, 9.17) is 0 Å². The molecule has 0 unspecified atom stereocenters. The molecule has 0 aromatic rings. The Morgan fingerprint density at radius 1 is 0.342 bits per heavy atom. The highest BCUT2D eigenvalue weighted by atomic mass is 16.1. The van der Waals surface area contributed by atoms with Gasteiger partial charge < -0.3 is 5.32 Å². The lowest BCUT2D eigenvalue weighted by Crippen LogP contribution is -2.23. The molecule has 0 aliphatic carbocycles. The summed E-state index contributed by atoms with van der Waals surface area (Å²) in [5, 5.41) is 3.13. The van der Waals surface area contributed by atoms with Crippen molar-refractivity contribution in [1.29, 1.82) is 0 Å². The van der Waals surface area contributed by atoms with E-state index in [-0.39, 0.29) is 5.91 Å². The summed E-state index contributed by atoms with van der Waals surface area (Å²) in [4.78, 5) is 12.0. The summed E-state index contributed by atoms with van der Waals surface area (Å²) >= 11 is 0. The normalized spacial score (nSPS) is 11.3. The lowest BCUT2D eigenvalue weighted by molar-refractivity contribution is -0.121. The molecule has 228 valence electrons. The molecule has 0 spiro atoms. The number of unbranched alkanes of at least 4 members (excludes halogenated alkanes) is 29. The van der Waals surface area contributed by atoms with Crippen molar-refractivity contribution in [3.63, 3.8) is 0 Å². The van der Waals surface area contributed by atoms with Crippen LogP contribution in [0.2, 0.25) is 0 Å². The average molecular weight is 536 g/mol. The van der Waals surface area contributed by atoms with Gasteiger partial charge in [-0.15, -0.1) is 0 Å².